The van der Waals surface area contributed by atoms with Crippen LogP contribution < -0.4 is 11.1 Å². The first-order chi connectivity index (χ1) is 12.0. The van der Waals surface area contributed by atoms with Crippen molar-refractivity contribution in [3.05, 3.63) is 34.7 Å². The number of rotatable bonds is 5. The number of furan rings is 1. The van der Waals surface area contributed by atoms with Gasteiger partial charge in [-0.05, 0) is 38.8 Å². The predicted octanol–water partition coefficient (Wildman–Crippen LogP) is 2.04. The standard InChI is InChI=1S/C17H22N4O3S/c1-10-5-12(7-18)8-21(10)15(22)6-13-9-25-17(19-13)20-16(23)14-3-4-24-11(14)2/h3-4,9-10,12H,5-8,18H2,1-2H3,(H,19,20,23). The second kappa shape index (κ2) is 7.37. The Kier molecular flexibility index (Phi) is 5.19. The van der Waals surface area contributed by atoms with Crippen LogP contribution in [-0.4, -0.2) is 40.8 Å². The van der Waals surface area contributed by atoms with Crippen LogP contribution in [0, 0.1) is 12.8 Å². The van der Waals surface area contributed by atoms with Gasteiger partial charge in [-0.2, -0.15) is 0 Å². The van der Waals surface area contributed by atoms with Crippen molar-refractivity contribution < 1.29 is 14.0 Å². The highest BCUT2D eigenvalue weighted by molar-refractivity contribution is 7.14. The normalized spacial score (nSPS) is 20.0. The van der Waals surface area contributed by atoms with E-state index in [9.17, 15) is 9.59 Å². The summed E-state index contributed by atoms with van der Waals surface area (Å²) < 4.78 is 5.13. The lowest BCUT2D eigenvalue weighted by molar-refractivity contribution is -0.131. The maximum Gasteiger partial charge on any atom is 0.260 e. The minimum atomic E-state index is -0.266. The fraction of sp³-hybridized carbons (Fsp3) is 0.471. The van der Waals surface area contributed by atoms with Gasteiger partial charge >= 0.3 is 0 Å². The third kappa shape index (κ3) is 3.91. The van der Waals surface area contributed by atoms with Crippen LogP contribution in [0.25, 0.3) is 0 Å². The summed E-state index contributed by atoms with van der Waals surface area (Å²) in [4.78, 5) is 30.9. The lowest BCUT2D eigenvalue weighted by Gasteiger charge is -2.21. The Labute approximate surface area is 150 Å². The topological polar surface area (TPSA) is 101 Å². The molecule has 2 amide bonds. The Morgan fingerprint density at radius 1 is 1.52 bits per heavy atom. The third-order valence-corrected chi connectivity index (χ3v) is 5.33. The van der Waals surface area contributed by atoms with E-state index in [4.69, 9.17) is 10.2 Å². The van der Waals surface area contributed by atoms with Crippen LogP contribution in [0.2, 0.25) is 0 Å². The Morgan fingerprint density at radius 3 is 2.96 bits per heavy atom. The number of amides is 2. The van der Waals surface area contributed by atoms with Gasteiger partial charge in [-0.3, -0.25) is 14.9 Å². The maximum atomic E-state index is 12.5. The van der Waals surface area contributed by atoms with E-state index in [2.05, 4.69) is 10.3 Å². The van der Waals surface area contributed by atoms with Crippen molar-refractivity contribution in [1.29, 1.82) is 0 Å². The summed E-state index contributed by atoms with van der Waals surface area (Å²) >= 11 is 1.31. The molecule has 2 aromatic heterocycles. The molecule has 2 aromatic rings. The van der Waals surface area contributed by atoms with Crippen molar-refractivity contribution in [2.45, 2.75) is 32.7 Å². The van der Waals surface area contributed by atoms with Gasteiger partial charge in [-0.1, -0.05) is 0 Å². The van der Waals surface area contributed by atoms with Gasteiger partial charge in [0.15, 0.2) is 5.13 Å². The number of likely N-dealkylation sites (tertiary alicyclic amines) is 1. The Bertz CT molecular complexity index is 770. The van der Waals surface area contributed by atoms with Crippen molar-refractivity contribution in [1.82, 2.24) is 9.88 Å². The minimum absolute atomic E-state index is 0.0531. The second-order valence-corrected chi connectivity index (χ2v) is 7.26. The van der Waals surface area contributed by atoms with E-state index in [1.54, 1.807) is 18.4 Å². The van der Waals surface area contributed by atoms with Gasteiger partial charge in [-0.15, -0.1) is 11.3 Å². The van der Waals surface area contributed by atoms with E-state index < -0.39 is 0 Å². The zero-order chi connectivity index (χ0) is 18.0. The van der Waals surface area contributed by atoms with E-state index in [0.29, 0.717) is 41.2 Å². The summed E-state index contributed by atoms with van der Waals surface area (Å²) in [7, 11) is 0. The van der Waals surface area contributed by atoms with Gasteiger partial charge in [-0.25, -0.2) is 4.98 Å². The average Bonchev–Trinajstić information content (AvgIpc) is 3.27. The molecule has 25 heavy (non-hydrogen) atoms. The third-order valence-electron chi connectivity index (χ3n) is 4.52. The van der Waals surface area contributed by atoms with Crippen molar-refractivity contribution in [2.75, 3.05) is 18.4 Å². The highest BCUT2D eigenvalue weighted by Crippen LogP contribution is 2.24. The fourth-order valence-corrected chi connectivity index (χ4v) is 3.85. The highest BCUT2D eigenvalue weighted by atomic mass is 32.1. The van der Waals surface area contributed by atoms with Crippen LogP contribution in [-0.2, 0) is 11.2 Å². The van der Waals surface area contributed by atoms with E-state index >= 15 is 0 Å². The molecule has 3 heterocycles. The SMILES string of the molecule is Cc1occc1C(=O)Nc1nc(CC(=O)N2CC(CN)CC2C)cs1. The average molecular weight is 362 g/mol. The van der Waals surface area contributed by atoms with Gasteiger partial charge in [0.25, 0.3) is 5.91 Å². The van der Waals surface area contributed by atoms with E-state index in [0.717, 1.165) is 6.42 Å². The van der Waals surface area contributed by atoms with Crippen molar-refractivity contribution in [3.63, 3.8) is 0 Å². The Hall–Kier alpha value is -2.19. The van der Waals surface area contributed by atoms with Crippen LogP contribution in [0.3, 0.4) is 0 Å². The lowest BCUT2D eigenvalue weighted by Crippen LogP contribution is -2.35. The summed E-state index contributed by atoms with van der Waals surface area (Å²) in [6.07, 6.45) is 2.66. The number of hydrogen-bond donors (Lipinski definition) is 2. The quantitative estimate of drug-likeness (QED) is 0.847. The molecule has 1 fully saturated rings. The molecule has 0 bridgehead atoms. The lowest BCUT2D eigenvalue weighted by atomic mass is 10.1. The number of carbonyl (C=O) groups excluding carboxylic acids is 2. The van der Waals surface area contributed by atoms with E-state index in [1.165, 1.54) is 17.6 Å². The zero-order valence-electron chi connectivity index (χ0n) is 14.3. The maximum absolute atomic E-state index is 12.5. The van der Waals surface area contributed by atoms with Gasteiger partial charge in [0.1, 0.15) is 5.76 Å². The Balaban J connectivity index is 1.59. The summed E-state index contributed by atoms with van der Waals surface area (Å²) in [5.74, 6) is 0.721. The molecule has 1 aliphatic heterocycles. The molecule has 2 unspecified atom stereocenters. The van der Waals surface area contributed by atoms with Crippen molar-refractivity contribution >= 4 is 28.3 Å². The molecular formula is C17H22N4O3S. The summed E-state index contributed by atoms with van der Waals surface area (Å²) in [5, 5.41) is 5.02. The number of thiazole rings is 1. The molecule has 2 atom stereocenters. The molecule has 0 aliphatic carbocycles. The molecule has 7 nitrogen and oxygen atoms in total. The molecule has 1 saturated heterocycles. The van der Waals surface area contributed by atoms with Gasteiger partial charge < -0.3 is 15.1 Å². The number of hydrogen-bond acceptors (Lipinski definition) is 6. The van der Waals surface area contributed by atoms with Crippen molar-refractivity contribution in [2.24, 2.45) is 11.7 Å². The molecule has 1 aliphatic rings. The predicted molar refractivity (Wildman–Crippen MR) is 95.6 cm³/mol. The van der Waals surface area contributed by atoms with Gasteiger partial charge in [0.05, 0.1) is 23.9 Å². The second-order valence-electron chi connectivity index (χ2n) is 6.40. The smallest absolute Gasteiger partial charge is 0.260 e. The molecule has 8 heteroatoms. The zero-order valence-corrected chi connectivity index (χ0v) is 15.1. The monoisotopic (exact) mass is 362 g/mol. The van der Waals surface area contributed by atoms with Gasteiger partial charge in [0.2, 0.25) is 5.91 Å². The summed E-state index contributed by atoms with van der Waals surface area (Å²) in [6.45, 7) is 5.10. The minimum Gasteiger partial charge on any atom is -0.469 e. The number of aromatic nitrogens is 1. The first kappa shape index (κ1) is 17.6. The molecule has 0 spiro atoms. The fourth-order valence-electron chi connectivity index (χ4n) is 3.15. The molecule has 3 rings (SSSR count). The number of anilines is 1. The van der Waals surface area contributed by atoms with Crippen LogP contribution in [0.1, 0.15) is 35.2 Å². The first-order valence-electron chi connectivity index (χ1n) is 8.27. The molecule has 3 N–H and O–H groups in total. The highest BCUT2D eigenvalue weighted by Gasteiger charge is 2.31. The van der Waals surface area contributed by atoms with E-state index in [1.807, 2.05) is 11.8 Å². The molecule has 0 aromatic carbocycles. The summed E-state index contributed by atoms with van der Waals surface area (Å²) in [6, 6.07) is 1.83. The number of nitrogens with zero attached hydrogens (tertiary/aromatic N) is 2. The van der Waals surface area contributed by atoms with Crippen LogP contribution in [0.15, 0.2) is 22.1 Å². The molecular weight excluding hydrogens is 340 g/mol. The number of aryl methyl sites for hydroxylation is 1. The Morgan fingerprint density at radius 2 is 2.32 bits per heavy atom. The van der Waals surface area contributed by atoms with Crippen LogP contribution >= 0.6 is 11.3 Å². The number of carbonyl (C=O) groups is 2. The van der Waals surface area contributed by atoms with Crippen LogP contribution in [0.4, 0.5) is 5.13 Å². The van der Waals surface area contributed by atoms with E-state index in [-0.39, 0.29) is 24.3 Å². The molecule has 0 radical (unpaired) electrons. The summed E-state index contributed by atoms with van der Waals surface area (Å²) in [5.41, 5.74) is 6.86. The molecule has 0 saturated carbocycles. The van der Waals surface area contributed by atoms with Gasteiger partial charge in [0, 0.05) is 18.0 Å². The number of nitrogens with two attached hydrogens (primary N) is 1. The largest absolute Gasteiger partial charge is 0.469 e. The number of nitrogens with one attached hydrogen (secondary N) is 1. The van der Waals surface area contributed by atoms with Crippen molar-refractivity contribution in [3.8, 4) is 0 Å². The first-order valence-corrected chi connectivity index (χ1v) is 9.15. The van der Waals surface area contributed by atoms with Crippen LogP contribution in [0.5, 0.6) is 0 Å². The molecule has 134 valence electrons.